The topological polar surface area (TPSA) is 88.6 Å². The van der Waals surface area contributed by atoms with E-state index in [1.165, 1.54) is 20.1 Å². The number of aliphatic hydroxyl groups is 1. The fourth-order valence-electron chi connectivity index (χ4n) is 1.34. The van der Waals surface area contributed by atoms with Crippen molar-refractivity contribution in [1.29, 1.82) is 0 Å². The number of rotatable bonds is 3. The lowest BCUT2D eigenvalue weighted by Gasteiger charge is -2.03. The van der Waals surface area contributed by atoms with Crippen LogP contribution in [0.2, 0.25) is 0 Å². The van der Waals surface area contributed by atoms with Crippen LogP contribution in [0.15, 0.2) is 22.7 Å². The number of phenolic OH excluding ortho intramolecular Hbond substituents is 1. The highest BCUT2D eigenvalue weighted by molar-refractivity contribution is 5.60. The number of benzene rings is 1. The fourth-order valence-corrected chi connectivity index (χ4v) is 1.34. The second kappa shape index (κ2) is 4.42. The Morgan fingerprint density at radius 2 is 2.18 bits per heavy atom. The maximum atomic E-state index is 9.45. The highest BCUT2D eigenvalue weighted by Crippen LogP contribution is 2.30. The predicted octanol–water partition coefficient (Wildman–Crippen LogP) is 1.50. The SMILES string of the molecule is COc1cc(-c2noc([C@H](C)O)n2)ccc1O. The molecule has 0 saturated carbocycles. The molecule has 1 atom stereocenters. The van der Waals surface area contributed by atoms with Gasteiger partial charge < -0.3 is 19.5 Å². The van der Waals surface area contributed by atoms with Crippen molar-refractivity contribution in [3.05, 3.63) is 24.1 Å². The second-order valence-electron chi connectivity index (χ2n) is 3.52. The van der Waals surface area contributed by atoms with Crippen molar-refractivity contribution < 1.29 is 19.5 Å². The first-order valence-corrected chi connectivity index (χ1v) is 5.01. The number of nitrogens with zero attached hydrogens (tertiary/aromatic N) is 2. The van der Waals surface area contributed by atoms with Gasteiger partial charge in [0.05, 0.1) is 7.11 Å². The van der Waals surface area contributed by atoms with Gasteiger partial charge in [0, 0.05) is 5.56 Å². The van der Waals surface area contributed by atoms with Crippen molar-refractivity contribution in [3.8, 4) is 22.9 Å². The number of phenols is 1. The van der Waals surface area contributed by atoms with E-state index < -0.39 is 6.10 Å². The Morgan fingerprint density at radius 3 is 2.76 bits per heavy atom. The number of aromatic hydroxyl groups is 1. The number of hydrogen-bond acceptors (Lipinski definition) is 6. The molecule has 2 rings (SSSR count). The average molecular weight is 236 g/mol. The maximum absolute atomic E-state index is 9.45. The van der Waals surface area contributed by atoms with Gasteiger partial charge in [-0.3, -0.25) is 0 Å². The monoisotopic (exact) mass is 236 g/mol. The maximum Gasteiger partial charge on any atom is 0.255 e. The van der Waals surface area contributed by atoms with Crippen molar-refractivity contribution in [2.75, 3.05) is 7.11 Å². The molecule has 0 aliphatic rings. The van der Waals surface area contributed by atoms with Crippen LogP contribution in [-0.4, -0.2) is 27.5 Å². The molecule has 0 unspecified atom stereocenters. The molecule has 2 N–H and O–H groups in total. The van der Waals surface area contributed by atoms with E-state index in [0.717, 1.165) is 0 Å². The molecular formula is C11H12N2O4. The third kappa shape index (κ3) is 2.21. The summed E-state index contributed by atoms with van der Waals surface area (Å²) in [5, 5.41) is 22.4. The summed E-state index contributed by atoms with van der Waals surface area (Å²) in [6.07, 6.45) is -0.810. The van der Waals surface area contributed by atoms with Crippen LogP contribution in [0.3, 0.4) is 0 Å². The molecule has 17 heavy (non-hydrogen) atoms. The third-order valence-electron chi connectivity index (χ3n) is 2.24. The van der Waals surface area contributed by atoms with Crippen LogP contribution in [-0.2, 0) is 0 Å². The molecule has 1 aromatic heterocycles. The molecule has 1 heterocycles. The van der Waals surface area contributed by atoms with Gasteiger partial charge in [-0.05, 0) is 25.1 Å². The van der Waals surface area contributed by atoms with E-state index in [4.69, 9.17) is 9.26 Å². The van der Waals surface area contributed by atoms with Crippen LogP contribution in [0.25, 0.3) is 11.4 Å². The number of hydrogen-bond donors (Lipinski definition) is 2. The zero-order valence-corrected chi connectivity index (χ0v) is 9.41. The standard InChI is InChI=1S/C11H12N2O4/c1-6(14)11-12-10(13-17-11)7-3-4-8(15)9(5-7)16-2/h3-6,14-15H,1-2H3/t6-/m0/s1. The van der Waals surface area contributed by atoms with Gasteiger partial charge in [-0.1, -0.05) is 5.16 Å². The van der Waals surface area contributed by atoms with Crippen LogP contribution >= 0.6 is 0 Å². The summed E-state index contributed by atoms with van der Waals surface area (Å²) < 4.78 is 9.85. The predicted molar refractivity (Wildman–Crippen MR) is 58.6 cm³/mol. The van der Waals surface area contributed by atoms with Gasteiger partial charge in [-0.15, -0.1) is 0 Å². The first-order chi connectivity index (χ1) is 8.11. The average Bonchev–Trinajstić information content (AvgIpc) is 2.79. The smallest absolute Gasteiger partial charge is 0.255 e. The van der Waals surface area contributed by atoms with Gasteiger partial charge in [0.1, 0.15) is 6.10 Å². The van der Waals surface area contributed by atoms with Crippen molar-refractivity contribution >= 4 is 0 Å². The minimum absolute atomic E-state index is 0.0375. The molecule has 0 bridgehead atoms. The summed E-state index contributed by atoms with van der Waals surface area (Å²) in [4.78, 5) is 4.02. The Labute approximate surface area is 97.5 Å². The first-order valence-electron chi connectivity index (χ1n) is 5.01. The summed E-state index contributed by atoms with van der Waals surface area (Å²) in [7, 11) is 1.45. The van der Waals surface area contributed by atoms with Crippen molar-refractivity contribution in [2.24, 2.45) is 0 Å². The van der Waals surface area contributed by atoms with Crippen molar-refractivity contribution in [3.63, 3.8) is 0 Å². The minimum atomic E-state index is -0.810. The molecule has 0 spiro atoms. The van der Waals surface area contributed by atoms with Gasteiger partial charge >= 0.3 is 0 Å². The second-order valence-corrected chi connectivity index (χ2v) is 3.52. The number of aliphatic hydroxyl groups excluding tert-OH is 1. The van der Waals surface area contributed by atoms with Crippen LogP contribution in [0, 0.1) is 0 Å². The van der Waals surface area contributed by atoms with Gasteiger partial charge in [-0.2, -0.15) is 4.98 Å². The zero-order chi connectivity index (χ0) is 12.4. The lowest BCUT2D eigenvalue weighted by atomic mass is 10.2. The summed E-state index contributed by atoms with van der Waals surface area (Å²) in [6.45, 7) is 1.54. The van der Waals surface area contributed by atoms with E-state index in [0.29, 0.717) is 17.1 Å². The summed E-state index contributed by atoms with van der Waals surface area (Å²) in [5.41, 5.74) is 0.635. The van der Waals surface area contributed by atoms with E-state index in [-0.39, 0.29) is 11.6 Å². The number of aromatic nitrogens is 2. The summed E-state index contributed by atoms with van der Waals surface area (Å²) >= 11 is 0. The van der Waals surface area contributed by atoms with Crippen molar-refractivity contribution in [1.82, 2.24) is 10.1 Å². The van der Waals surface area contributed by atoms with E-state index >= 15 is 0 Å². The lowest BCUT2D eigenvalue weighted by Crippen LogP contribution is -1.90. The molecule has 0 fully saturated rings. The van der Waals surface area contributed by atoms with E-state index in [9.17, 15) is 10.2 Å². The molecule has 1 aromatic carbocycles. The van der Waals surface area contributed by atoms with Gasteiger partial charge in [-0.25, -0.2) is 0 Å². The number of methoxy groups -OCH3 is 1. The third-order valence-corrected chi connectivity index (χ3v) is 2.24. The quantitative estimate of drug-likeness (QED) is 0.839. The summed E-state index contributed by atoms with van der Waals surface area (Å²) in [5.74, 6) is 0.840. The molecule has 90 valence electrons. The molecule has 0 aliphatic carbocycles. The van der Waals surface area contributed by atoms with Crippen LogP contribution < -0.4 is 4.74 Å². The molecule has 2 aromatic rings. The van der Waals surface area contributed by atoms with Crippen LogP contribution in [0.5, 0.6) is 11.5 Å². The molecule has 0 saturated heterocycles. The lowest BCUT2D eigenvalue weighted by molar-refractivity contribution is 0.152. The van der Waals surface area contributed by atoms with E-state index in [1.54, 1.807) is 12.1 Å². The minimum Gasteiger partial charge on any atom is -0.504 e. The molecule has 0 amide bonds. The van der Waals surface area contributed by atoms with Gasteiger partial charge in [0.15, 0.2) is 11.5 Å². The Bertz CT molecular complexity index is 522. The number of ether oxygens (including phenoxy) is 1. The highest BCUT2D eigenvalue weighted by Gasteiger charge is 2.14. The Kier molecular flexibility index (Phi) is 2.97. The zero-order valence-electron chi connectivity index (χ0n) is 9.41. The van der Waals surface area contributed by atoms with Crippen LogP contribution in [0.4, 0.5) is 0 Å². The molecular weight excluding hydrogens is 224 g/mol. The molecule has 6 heteroatoms. The summed E-state index contributed by atoms with van der Waals surface area (Å²) in [6, 6.07) is 4.70. The van der Waals surface area contributed by atoms with Crippen molar-refractivity contribution in [2.45, 2.75) is 13.0 Å². The normalized spacial score (nSPS) is 12.4. The Balaban J connectivity index is 2.38. The Hall–Kier alpha value is -2.08. The van der Waals surface area contributed by atoms with Gasteiger partial charge in [0.25, 0.3) is 5.89 Å². The van der Waals surface area contributed by atoms with E-state index in [1.807, 2.05) is 0 Å². The van der Waals surface area contributed by atoms with Crippen LogP contribution in [0.1, 0.15) is 18.9 Å². The Morgan fingerprint density at radius 1 is 1.41 bits per heavy atom. The highest BCUT2D eigenvalue weighted by atomic mass is 16.5. The van der Waals surface area contributed by atoms with Gasteiger partial charge in [0.2, 0.25) is 5.82 Å². The molecule has 0 radical (unpaired) electrons. The largest absolute Gasteiger partial charge is 0.504 e. The fraction of sp³-hybridized carbons (Fsp3) is 0.273. The molecule has 0 aliphatic heterocycles. The first kappa shape index (κ1) is 11.4. The molecule has 6 nitrogen and oxygen atoms in total. The van der Waals surface area contributed by atoms with E-state index in [2.05, 4.69) is 10.1 Å².